The SMILES string of the molecule is Cc1cc([C@H]2CN(C(=O)c3nccc4ccccc34)CCO2)nc(C)n1. The number of carbonyl (C=O) groups excluding carboxylic acids is 1. The van der Waals surface area contributed by atoms with Crippen molar-refractivity contribution in [1.29, 1.82) is 0 Å². The van der Waals surface area contributed by atoms with E-state index < -0.39 is 0 Å². The molecule has 0 radical (unpaired) electrons. The van der Waals surface area contributed by atoms with Crippen molar-refractivity contribution in [2.75, 3.05) is 19.7 Å². The predicted molar refractivity (Wildman–Crippen MR) is 97.8 cm³/mol. The van der Waals surface area contributed by atoms with Gasteiger partial charge in [-0.2, -0.15) is 0 Å². The summed E-state index contributed by atoms with van der Waals surface area (Å²) in [7, 11) is 0. The fraction of sp³-hybridized carbons (Fsp3) is 0.300. The second-order valence-electron chi connectivity index (χ2n) is 6.47. The van der Waals surface area contributed by atoms with Crippen LogP contribution < -0.4 is 0 Å². The lowest BCUT2D eigenvalue weighted by Crippen LogP contribution is -2.42. The standard InChI is InChI=1S/C20H20N4O2/c1-13-11-17(23-14(2)22-13)18-12-24(9-10-26-18)20(25)19-16-6-4-3-5-15(16)7-8-21-19/h3-8,11,18H,9-10,12H2,1-2H3/t18-/m1/s1. The Hall–Kier alpha value is -2.86. The van der Waals surface area contributed by atoms with Gasteiger partial charge in [-0.25, -0.2) is 9.97 Å². The molecule has 0 spiro atoms. The Morgan fingerprint density at radius 2 is 2.04 bits per heavy atom. The number of rotatable bonds is 2. The van der Waals surface area contributed by atoms with Crippen LogP contribution in [0, 0.1) is 13.8 Å². The minimum Gasteiger partial charge on any atom is -0.368 e. The van der Waals surface area contributed by atoms with E-state index in [4.69, 9.17) is 4.74 Å². The van der Waals surface area contributed by atoms with Crippen LogP contribution in [0.3, 0.4) is 0 Å². The van der Waals surface area contributed by atoms with Crippen LogP contribution in [0.4, 0.5) is 0 Å². The number of fused-ring (bicyclic) bond motifs is 1. The predicted octanol–water partition coefficient (Wildman–Crippen LogP) is 2.86. The zero-order valence-electron chi connectivity index (χ0n) is 14.8. The Morgan fingerprint density at radius 1 is 1.19 bits per heavy atom. The van der Waals surface area contributed by atoms with Crippen molar-refractivity contribution in [3.05, 3.63) is 65.5 Å². The molecule has 6 heteroatoms. The monoisotopic (exact) mass is 348 g/mol. The lowest BCUT2D eigenvalue weighted by Gasteiger charge is -2.32. The summed E-state index contributed by atoms with van der Waals surface area (Å²) in [5, 5.41) is 1.88. The molecular weight excluding hydrogens is 328 g/mol. The number of morpholine rings is 1. The third-order valence-electron chi connectivity index (χ3n) is 4.55. The highest BCUT2D eigenvalue weighted by atomic mass is 16.5. The number of ether oxygens (including phenoxy) is 1. The molecule has 26 heavy (non-hydrogen) atoms. The number of aromatic nitrogens is 3. The fourth-order valence-corrected chi connectivity index (χ4v) is 3.36. The first kappa shape index (κ1) is 16.6. The van der Waals surface area contributed by atoms with Gasteiger partial charge >= 0.3 is 0 Å². The zero-order valence-corrected chi connectivity index (χ0v) is 14.8. The Balaban J connectivity index is 1.62. The van der Waals surface area contributed by atoms with Gasteiger partial charge in [-0.15, -0.1) is 0 Å². The average molecular weight is 348 g/mol. The highest BCUT2D eigenvalue weighted by Gasteiger charge is 2.28. The molecule has 0 unspecified atom stereocenters. The molecule has 0 aliphatic carbocycles. The van der Waals surface area contributed by atoms with Crippen molar-refractivity contribution >= 4 is 16.7 Å². The molecular formula is C20H20N4O2. The van der Waals surface area contributed by atoms with Gasteiger partial charge in [-0.3, -0.25) is 9.78 Å². The van der Waals surface area contributed by atoms with Crippen molar-refractivity contribution in [1.82, 2.24) is 19.9 Å². The maximum Gasteiger partial charge on any atom is 0.273 e. The van der Waals surface area contributed by atoms with Gasteiger partial charge in [0, 0.05) is 23.8 Å². The van der Waals surface area contributed by atoms with Gasteiger partial charge in [0.15, 0.2) is 0 Å². The topological polar surface area (TPSA) is 68.2 Å². The Bertz CT molecular complexity index is 947. The smallest absolute Gasteiger partial charge is 0.273 e. The van der Waals surface area contributed by atoms with Gasteiger partial charge in [-0.1, -0.05) is 24.3 Å². The maximum atomic E-state index is 13.1. The van der Waals surface area contributed by atoms with E-state index in [0.29, 0.717) is 31.2 Å². The van der Waals surface area contributed by atoms with Crippen LogP contribution in [0.5, 0.6) is 0 Å². The van der Waals surface area contributed by atoms with Gasteiger partial charge in [0.2, 0.25) is 0 Å². The maximum absolute atomic E-state index is 13.1. The summed E-state index contributed by atoms with van der Waals surface area (Å²) < 4.78 is 5.87. The molecule has 1 saturated heterocycles. The second kappa shape index (κ2) is 6.80. The summed E-state index contributed by atoms with van der Waals surface area (Å²) >= 11 is 0. The minimum absolute atomic E-state index is 0.0717. The number of hydrogen-bond donors (Lipinski definition) is 0. The van der Waals surface area contributed by atoms with E-state index in [1.165, 1.54) is 0 Å². The quantitative estimate of drug-likeness (QED) is 0.712. The van der Waals surface area contributed by atoms with Crippen molar-refractivity contribution in [3.63, 3.8) is 0 Å². The summed E-state index contributed by atoms with van der Waals surface area (Å²) in [5.41, 5.74) is 2.20. The highest BCUT2D eigenvalue weighted by molar-refractivity contribution is 6.05. The van der Waals surface area contributed by atoms with Crippen LogP contribution in [0.1, 0.15) is 33.8 Å². The van der Waals surface area contributed by atoms with Crippen molar-refractivity contribution < 1.29 is 9.53 Å². The Morgan fingerprint density at radius 3 is 2.88 bits per heavy atom. The molecule has 3 aromatic rings. The van der Waals surface area contributed by atoms with E-state index in [-0.39, 0.29) is 12.0 Å². The van der Waals surface area contributed by atoms with E-state index in [2.05, 4.69) is 15.0 Å². The van der Waals surface area contributed by atoms with Crippen LogP contribution in [0.25, 0.3) is 10.8 Å². The summed E-state index contributed by atoms with van der Waals surface area (Å²) in [6.07, 6.45) is 1.44. The lowest BCUT2D eigenvalue weighted by molar-refractivity contribution is -0.0249. The molecule has 2 aromatic heterocycles. The molecule has 0 N–H and O–H groups in total. The van der Waals surface area contributed by atoms with Crippen LogP contribution in [-0.2, 0) is 4.74 Å². The van der Waals surface area contributed by atoms with Crippen molar-refractivity contribution in [2.24, 2.45) is 0 Å². The van der Waals surface area contributed by atoms with E-state index >= 15 is 0 Å². The third-order valence-corrected chi connectivity index (χ3v) is 4.55. The van der Waals surface area contributed by atoms with Gasteiger partial charge in [0.25, 0.3) is 5.91 Å². The summed E-state index contributed by atoms with van der Waals surface area (Å²) in [6.45, 7) is 5.28. The first-order valence-electron chi connectivity index (χ1n) is 8.68. The molecule has 1 aromatic carbocycles. The molecule has 1 amide bonds. The molecule has 0 saturated carbocycles. The molecule has 1 atom stereocenters. The van der Waals surface area contributed by atoms with Crippen LogP contribution in [0.15, 0.2) is 42.6 Å². The Kier molecular flexibility index (Phi) is 4.34. The zero-order chi connectivity index (χ0) is 18.1. The summed E-state index contributed by atoms with van der Waals surface area (Å²) in [4.78, 5) is 28.0. The molecule has 132 valence electrons. The highest BCUT2D eigenvalue weighted by Crippen LogP contribution is 2.24. The molecule has 4 rings (SSSR count). The first-order chi connectivity index (χ1) is 12.6. The van der Waals surface area contributed by atoms with Gasteiger partial charge < -0.3 is 9.64 Å². The summed E-state index contributed by atoms with van der Waals surface area (Å²) in [6, 6.07) is 11.6. The fourth-order valence-electron chi connectivity index (χ4n) is 3.36. The number of amides is 1. The van der Waals surface area contributed by atoms with Crippen LogP contribution in [-0.4, -0.2) is 45.5 Å². The van der Waals surface area contributed by atoms with Gasteiger partial charge in [0.1, 0.15) is 17.6 Å². The lowest BCUT2D eigenvalue weighted by atomic mass is 10.1. The number of aryl methyl sites for hydroxylation is 2. The number of hydrogen-bond acceptors (Lipinski definition) is 5. The average Bonchev–Trinajstić information content (AvgIpc) is 2.66. The normalized spacial score (nSPS) is 17.5. The summed E-state index contributed by atoms with van der Waals surface area (Å²) in [5.74, 6) is 0.639. The molecule has 6 nitrogen and oxygen atoms in total. The van der Waals surface area contributed by atoms with E-state index in [1.54, 1.807) is 11.1 Å². The van der Waals surface area contributed by atoms with Crippen molar-refractivity contribution in [2.45, 2.75) is 20.0 Å². The molecule has 1 fully saturated rings. The van der Waals surface area contributed by atoms with Gasteiger partial charge in [0.05, 0.1) is 18.8 Å². The second-order valence-corrected chi connectivity index (χ2v) is 6.47. The number of nitrogens with zero attached hydrogens (tertiary/aromatic N) is 4. The molecule has 1 aliphatic heterocycles. The Labute approximate surface area is 151 Å². The molecule has 1 aliphatic rings. The van der Waals surface area contributed by atoms with E-state index in [0.717, 1.165) is 22.2 Å². The molecule has 3 heterocycles. The molecule has 0 bridgehead atoms. The van der Waals surface area contributed by atoms with E-state index in [1.807, 2.05) is 50.2 Å². The minimum atomic E-state index is -0.247. The van der Waals surface area contributed by atoms with Crippen molar-refractivity contribution in [3.8, 4) is 0 Å². The third kappa shape index (κ3) is 3.15. The van der Waals surface area contributed by atoms with Crippen LogP contribution >= 0.6 is 0 Å². The largest absolute Gasteiger partial charge is 0.368 e. The van der Waals surface area contributed by atoms with Crippen LogP contribution in [0.2, 0.25) is 0 Å². The van der Waals surface area contributed by atoms with Gasteiger partial charge in [-0.05, 0) is 31.4 Å². The van der Waals surface area contributed by atoms with E-state index in [9.17, 15) is 4.79 Å². The number of benzene rings is 1. The number of carbonyl (C=O) groups is 1. The number of pyridine rings is 1. The first-order valence-corrected chi connectivity index (χ1v) is 8.68.